The van der Waals surface area contributed by atoms with Crippen LogP contribution in [0, 0.1) is 5.92 Å². The Hall–Kier alpha value is -1.99. The van der Waals surface area contributed by atoms with Gasteiger partial charge in [0.05, 0.1) is 0 Å². The zero-order valence-corrected chi connectivity index (χ0v) is 14.3. The predicted molar refractivity (Wildman–Crippen MR) is 93.4 cm³/mol. The van der Waals surface area contributed by atoms with Crippen molar-refractivity contribution in [3.63, 3.8) is 0 Å². The smallest absolute Gasteiger partial charge is 0.243 e. The molecular weight excluding hydrogens is 328 g/mol. The van der Waals surface area contributed by atoms with E-state index in [-0.39, 0.29) is 30.9 Å². The van der Waals surface area contributed by atoms with Gasteiger partial charge >= 0.3 is 0 Å². The monoisotopic (exact) mass is 350 g/mol. The van der Waals surface area contributed by atoms with Crippen molar-refractivity contribution >= 4 is 18.3 Å². The second-order valence-corrected chi connectivity index (χ2v) is 5.96. The summed E-state index contributed by atoms with van der Waals surface area (Å²) in [6, 6.07) is 9.75. The molecule has 0 spiro atoms. The van der Waals surface area contributed by atoms with Gasteiger partial charge in [0.15, 0.2) is 0 Å². The quantitative estimate of drug-likeness (QED) is 0.849. The molecular formula is C16H23ClN6O. The van der Waals surface area contributed by atoms with Gasteiger partial charge in [0, 0.05) is 11.6 Å². The highest BCUT2D eigenvalue weighted by Gasteiger charge is 2.25. The normalized spacial score (nSPS) is 20.2. The summed E-state index contributed by atoms with van der Waals surface area (Å²) in [5.41, 5.74) is 6.68. The molecule has 1 fully saturated rings. The van der Waals surface area contributed by atoms with E-state index in [2.05, 4.69) is 20.7 Å². The van der Waals surface area contributed by atoms with Gasteiger partial charge in [0.2, 0.25) is 11.7 Å². The largest absolute Gasteiger partial charge is 0.351 e. The van der Waals surface area contributed by atoms with Crippen LogP contribution in [0.15, 0.2) is 30.3 Å². The van der Waals surface area contributed by atoms with E-state index in [1.807, 2.05) is 30.3 Å². The van der Waals surface area contributed by atoms with Crippen LogP contribution in [0.1, 0.15) is 25.7 Å². The molecule has 0 radical (unpaired) electrons. The van der Waals surface area contributed by atoms with Crippen molar-refractivity contribution in [3.05, 3.63) is 30.3 Å². The molecule has 0 bridgehead atoms. The number of halogens is 1. The lowest BCUT2D eigenvalue weighted by Gasteiger charge is -2.31. The number of amides is 1. The van der Waals surface area contributed by atoms with Crippen LogP contribution in [0.2, 0.25) is 0 Å². The fraction of sp³-hybridized carbons (Fsp3) is 0.500. The Morgan fingerprint density at radius 3 is 2.75 bits per heavy atom. The first-order valence-corrected chi connectivity index (χ1v) is 8.09. The third-order valence-electron chi connectivity index (χ3n) is 4.33. The minimum absolute atomic E-state index is 0. The highest BCUT2D eigenvalue weighted by molar-refractivity contribution is 5.85. The van der Waals surface area contributed by atoms with Crippen LogP contribution < -0.4 is 11.1 Å². The van der Waals surface area contributed by atoms with Gasteiger partial charge in [-0.25, -0.2) is 0 Å². The molecule has 8 heteroatoms. The van der Waals surface area contributed by atoms with Gasteiger partial charge < -0.3 is 11.1 Å². The third kappa shape index (κ3) is 4.52. The minimum atomic E-state index is -0.0904. The Labute approximate surface area is 147 Å². The Bertz CT molecular complexity index is 647. The molecule has 1 aliphatic carbocycles. The van der Waals surface area contributed by atoms with Crippen LogP contribution in [0.4, 0.5) is 0 Å². The summed E-state index contributed by atoms with van der Waals surface area (Å²) in [7, 11) is 0. The van der Waals surface area contributed by atoms with Crippen molar-refractivity contribution in [2.24, 2.45) is 11.7 Å². The molecule has 1 amide bonds. The Morgan fingerprint density at radius 1 is 1.25 bits per heavy atom. The SMILES string of the molecule is Cl.NCC1CCCCC1NC(=O)Cn1nnc(-c2ccccc2)n1. The molecule has 130 valence electrons. The zero-order valence-electron chi connectivity index (χ0n) is 13.5. The van der Waals surface area contributed by atoms with Crippen LogP contribution in [0.3, 0.4) is 0 Å². The lowest BCUT2D eigenvalue weighted by Crippen LogP contribution is -2.45. The average Bonchev–Trinajstić information content (AvgIpc) is 3.04. The molecule has 1 aliphatic rings. The van der Waals surface area contributed by atoms with E-state index in [1.54, 1.807) is 0 Å². The zero-order chi connectivity index (χ0) is 16.1. The van der Waals surface area contributed by atoms with Gasteiger partial charge in [-0.1, -0.05) is 43.2 Å². The van der Waals surface area contributed by atoms with E-state index >= 15 is 0 Å². The van der Waals surface area contributed by atoms with E-state index in [1.165, 1.54) is 11.2 Å². The van der Waals surface area contributed by atoms with Crippen molar-refractivity contribution in [1.82, 2.24) is 25.5 Å². The van der Waals surface area contributed by atoms with Gasteiger partial charge in [0.1, 0.15) is 6.54 Å². The highest BCUT2D eigenvalue weighted by atomic mass is 35.5. The second kappa shape index (κ2) is 8.75. The summed E-state index contributed by atoms with van der Waals surface area (Å²) in [6.45, 7) is 0.693. The average molecular weight is 351 g/mol. The van der Waals surface area contributed by atoms with Crippen LogP contribution in [-0.4, -0.2) is 38.7 Å². The van der Waals surface area contributed by atoms with Gasteiger partial charge in [-0.2, -0.15) is 4.80 Å². The first kappa shape index (κ1) is 18.4. The van der Waals surface area contributed by atoms with Crippen LogP contribution >= 0.6 is 12.4 Å². The van der Waals surface area contributed by atoms with Crippen LogP contribution in [0.5, 0.6) is 0 Å². The molecule has 3 rings (SSSR count). The van der Waals surface area contributed by atoms with E-state index in [4.69, 9.17) is 5.73 Å². The van der Waals surface area contributed by atoms with Crippen molar-refractivity contribution in [2.75, 3.05) is 6.54 Å². The summed E-state index contributed by atoms with van der Waals surface area (Å²) in [5.74, 6) is 0.805. The maximum atomic E-state index is 12.2. The number of nitrogens with one attached hydrogen (secondary N) is 1. The second-order valence-electron chi connectivity index (χ2n) is 5.96. The maximum absolute atomic E-state index is 12.2. The minimum Gasteiger partial charge on any atom is -0.351 e. The molecule has 24 heavy (non-hydrogen) atoms. The summed E-state index contributed by atoms with van der Waals surface area (Å²) < 4.78 is 0. The molecule has 1 heterocycles. The summed E-state index contributed by atoms with van der Waals surface area (Å²) in [6.07, 6.45) is 4.41. The summed E-state index contributed by atoms with van der Waals surface area (Å²) >= 11 is 0. The standard InChI is InChI=1S/C16H22N6O.ClH/c17-10-13-8-4-5-9-14(13)18-15(23)11-22-20-16(19-21-22)12-6-2-1-3-7-12;/h1-3,6-7,13-14H,4-5,8-11,17H2,(H,18,23);1H. The molecule has 1 saturated carbocycles. The number of aromatic nitrogens is 4. The number of rotatable bonds is 5. The Morgan fingerprint density at radius 2 is 2.00 bits per heavy atom. The summed E-state index contributed by atoms with van der Waals surface area (Å²) in [4.78, 5) is 13.5. The van der Waals surface area contributed by atoms with Gasteiger partial charge in [-0.3, -0.25) is 4.79 Å². The number of carbonyl (C=O) groups excluding carboxylic acids is 1. The topological polar surface area (TPSA) is 98.7 Å². The molecule has 2 atom stereocenters. The molecule has 0 aliphatic heterocycles. The number of carbonyl (C=O) groups is 1. The van der Waals surface area contributed by atoms with Crippen molar-refractivity contribution in [2.45, 2.75) is 38.3 Å². The molecule has 1 aromatic heterocycles. The fourth-order valence-corrected chi connectivity index (χ4v) is 3.07. The van der Waals surface area contributed by atoms with Crippen molar-refractivity contribution in [1.29, 1.82) is 0 Å². The number of nitrogens with zero attached hydrogens (tertiary/aromatic N) is 4. The highest BCUT2D eigenvalue weighted by Crippen LogP contribution is 2.23. The molecule has 1 aromatic carbocycles. The maximum Gasteiger partial charge on any atom is 0.243 e. The van der Waals surface area contributed by atoms with Gasteiger partial charge in [-0.05, 0) is 30.5 Å². The van der Waals surface area contributed by atoms with Crippen LogP contribution in [-0.2, 0) is 11.3 Å². The lowest BCUT2D eigenvalue weighted by molar-refractivity contribution is -0.123. The van der Waals surface area contributed by atoms with Gasteiger partial charge in [0.25, 0.3) is 0 Å². The van der Waals surface area contributed by atoms with E-state index in [9.17, 15) is 4.79 Å². The third-order valence-corrected chi connectivity index (χ3v) is 4.33. The molecule has 7 nitrogen and oxygen atoms in total. The number of benzene rings is 1. The van der Waals surface area contributed by atoms with E-state index in [0.29, 0.717) is 18.3 Å². The first-order valence-electron chi connectivity index (χ1n) is 8.09. The number of hydrogen-bond donors (Lipinski definition) is 2. The lowest BCUT2D eigenvalue weighted by atomic mass is 9.84. The Balaban J connectivity index is 0.00000208. The molecule has 2 unspecified atom stereocenters. The summed E-state index contributed by atoms with van der Waals surface area (Å²) in [5, 5.41) is 15.3. The van der Waals surface area contributed by atoms with Crippen LogP contribution in [0.25, 0.3) is 11.4 Å². The fourth-order valence-electron chi connectivity index (χ4n) is 3.07. The number of tetrazole rings is 1. The molecule has 0 saturated heterocycles. The van der Waals surface area contributed by atoms with Crippen molar-refractivity contribution < 1.29 is 4.79 Å². The van der Waals surface area contributed by atoms with E-state index in [0.717, 1.165) is 24.8 Å². The molecule has 3 N–H and O–H groups in total. The number of nitrogens with two attached hydrogens (primary N) is 1. The van der Waals surface area contributed by atoms with E-state index < -0.39 is 0 Å². The Kier molecular flexibility index (Phi) is 6.69. The number of hydrogen-bond acceptors (Lipinski definition) is 5. The van der Waals surface area contributed by atoms with Gasteiger partial charge in [-0.15, -0.1) is 22.6 Å². The predicted octanol–water partition coefficient (Wildman–Crippen LogP) is 1.40. The van der Waals surface area contributed by atoms with Crippen molar-refractivity contribution in [3.8, 4) is 11.4 Å². The molecule has 2 aromatic rings. The first-order chi connectivity index (χ1) is 11.3.